The highest BCUT2D eigenvalue weighted by atomic mass is 16.4. The Kier molecular flexibility index (Phi) is 14.3. The molecule has 0 radical (unpaired) electrons. The largest absolute Gasteiger partial charge is 0.480 e. The highest BCUT2D eigenvalue weighted by Crippen LogP contribution is 2.35. The van der Waals surface area contributed by atoms with Crippen LogP contribution in [-0.4, -0.2) is 89.2 Å². The first kappa shape index (κ1) is 45.0. The SMILES string of the molecule is O=C(CC[C@@H](C(=O)O)n1cccc1)NCCN(CCNC(=O)CC[C@@H](C(=O)O)n1cccc1)C(=O)[C@H](CCCCn1c2ccccc2c2ccccc21)n1c2ccccc2c2ccccc21. The molecule has 4 heterocycles. The van der Waals surface area contributed by atoms with E-state index < -0.39 is 30.1 Å². The van der Waals surface area contributed by atoms with Gasteiger partial charge in [0.05, 0.1) is 0 Å². The van der Waals surface area contributed by atoms with Gasteiger partial charge in [-0.05, 0) is 80.6 Å². The van der Waals surface area contributed by atoms with Crippen LogP contribution in [0.2, 0.25) is 0 Å². The number of hydrogen-bond acceptors (Lipinski definition) is 5. The minimum atomic E-state index is -1.04. The summed E-state index contributed by atoms with van der Waals surface area (Å²) in [5.74, 6) is -2.92. The number of carboxylic acids is 2. The zero-order valence-electron chi connectivity index (χ0n) is 36.7. The van der Waals surface area contributed by atoms with Gasteiger partial charge >= 0.3 is 11.9 Å². The second-order valence-electron chi connectivity index (χ2n) is 16.7. The van der Waals surface area contributed by atoms with Gasteiger partial charge in [-0.1, -0.05) is 72.8 Å². The molecule has 0 aliphatic rings. The van der Waals surface area contributed by atoms with Crippen molar-refractivity contribution < 1.29 is 34.2 Å². The quantitative estimate of drug-likeness (QED) is 0.0469. The fraction of sp³-hybridized carbons (Fsp3) is 0.288. The highest BCUT2D eigenvalue weighted by molar-refractivity contribution is 6.09. The van der Waals surface area contributed by atoms with Gasteiger partial charge in [-0.25, -0.2) is 9.59 Å². The van der Waals surface area contributed by atoms with Gasteiger partial charge < -0.3 is 44.0 Å². The summed E-state index contributed by atoms with van der Waals surface area (Å²) in [6.45, 7) is 1.22. The number of amides is 3. The van der Waals surface area contributed by atoms with E-state index in [1.165, 1.54) is 10.8 Å². The Morgan fingerprint density at radius 2 is 0.879 bits per heavy atom. The van der Waals surface area contributed by atoms with Crippen LogP contribution in [-0.2, 0) is 30.5 Å². The van der Waals surface area contributed by atoms with E-state index in [4.69, 9.17) is 0 Å². The number of unbranched alkanes of at least 4 members (excludes halogenated alkanes) is 1. The Hall–Kier alpha value is -7.61. The highest BCUT2D eigenvalue weighted by Gasteiger charge is 2.29. The van der Waals surface area contributed by atoms with Crippen molar-refractivity contribution in [3.63, 3.8) is 0 Å². The molecule has 4 aromatic carbocycles. The number of hydrogen-bond donors (Lipinski definition) is 4. The molecule has 0 unspecified atom stereocenters. The van der Waals surface area contributed by atoms with E-state index in [-0.39, 0.29) is 69.6 Å². The van der Waals surface area contributed by atoms with E-state index in [1.54, 1.807) is 63.1 Å². The summed E-state index contributed by atoms with van der Waals surface area (Å²) in [6, 6.07) is 37.5. The van der Waals surface area contributed by atoms with E-state index in [1.807, 2.05) is 36.4 Å². The summed E-state index contributed by atoms with van der Waals surface area (Å²) in [6.07, 6.45) is 8.77. The number of para-hydroxylation sites is 4. The number of benzene rings is 4. The Balaban J connectivity index is 1.02. The van der Waals surface area contributed by atoms with E-state index in [0.717, 1.165) is 52.2 Å². The van der Waals surface area contributed by atoms with Crippen LogP contribution in [0.4, 0.5) is 0 Å². The molecule has 14 heteroatoms. The third-order valence-corrected chi connectivity index (χ3v) is 12.6. The molecule has 4 aromatic heterocycles. The molecule has 8 aromatic rings. The number of fused-ring (bicyclic) bond motifs is 6. The molecule has 3 amide bonds. The lowest BCUT2D eigenvalue weighted by Gasteiger charge is -2.30. The fourth-order valence-corrected chi connectivity index (χ4v) is 9.33. The van der Waals surface area contributed by atoms with Crippen molar-refractivity contribution in [1.82, 2.24) is 33.8 Å². The van der Waals surface area contributed by atoms with Crippen LogP contribution >= 0.6 is 0 Å². The van der Waals surface area contributed by atoms with Gasteiger partial charge in [0.25, 0.3) is 0 Å². The van der Waals surface area contributed by atoms with Crippen LogP contribution in [0.3, 0.4) is 0 Å². The number of rotatable bonds is 23. The Bertz CT molecular complexity index is 2770. The first-order valence-corrected chi connectivity index (χ1v) is 22.7. The summed E-state index contributed by atoms with van der Waals surface area (Å²) in [7, 11) is 0. The number of aromatic nitrogens is 4. The predicted octanol–water partition coefficient (Wildman–Crippen LogP) is 8.19. The van der Waals surface area contributed by atoms with Crippen molar-refractivity contribution in [1.29, 1.82) is 0 Å². The summed E-state index contributed by atoms with van der Waals surface area (Å²) in [5.41, 5.74) is 4.17. The Labute approximate surface area is 382 Å². The summed E-state index contributed by atoms with van der Waals surface area (Å²) >= 11 is 0. The number of aliphatic carboxylic acids is 2. The van der Waals surface area contributed by atoms with Gasteiger partial charge in [0.1, 0.15) is 18.1 Å². The molecule has 0 aliphatic heterocycles. The summed E-state index contributed by atoms with van der Waals surface area (Å²) < 4.78 is 7.61. The van der Waals surface area contributed by atoms with Crippen LogP contribution < -0.4 is 10.6 Å². The molecule has 8 rings (SSSR count). The van der Waals surface area contributed by atoms with Gasteiger partial charge in [0.15, 0.2) is 0 Å². The third kappa shape index (κ3) is 10.0. The monoisotopic (exact) mass is 889 g/mol. The van der Waals surface area contributed by atoms with Crippen LogP contribution in [0, 0.1) is 0 Å². The number of carboxylic acid groups (broad SMARTS) is 2. The molecule has 0 aliphatic carbocycles. The molecular weight excluding hydrogens is 835 g/mol. The molecule has 3 atom stereocenters. The lowest BCUT2D eigenvalue weighted by Crippen LogP contribution is -2.45. The van der Waals surface area contributed by atoms with Crippen LogP contribution in [0.1, 0.15) is 63.1 Å². The van der Waals surface area contributed by atoms with E-state index >= 15 is 4.79 Å². The molecule has 340 valence electrons. The van der Waals surface area contributed by atoms with Crippen molar-refractivity contribution in [3.05, 3.63) is 146 Å². The smallest absolute Gasteiger partial charge is 0.326 e. The standard InChI is InChI=1S/C52H55N7O7/c60-48(26-24-46(51(63)64)55-30-11-12-31-55)53-28-35-57(36-29-54-49(61)27-25-47(52(65)66)56-32-13-14-33-56)50(62)45(59-43-21-7-3-17-39(43)40-18-4-8-22-44(40)59)23-9-10-34-58-41-19-5-1-15-37(41)38-16-2-6-20-42(38)58/h1-8,11-22,30-33,45-47H,9-10,23-29,34-36H2,(H,53,60)(H,54,61)(H,63,64)(H,65,66)/t45-,46-,47-/m0/s1. The molecule has 66 heavy (non-hydrogen) atoms. The number of carbonyl (C=O) groups is 5. The predicted molar refractivity (Wildman–Crippen MR) is 255 cm³/mol. The molecular formula is C52H55N7O7. The Morgan fingerprint density at radius 3 is 1.30 bits per heavy atom. The third-order valence-electron chi connectivity index (χ3n) is 12.6. The molecule has 0 bridgehead atoms. The van der Waals surface area contributed by atoms with Crippen molar-refractivity contribution in [2.24, 2.45) is 0 Å². The number of nitrogens with one attached hydrogen (secondary N) is 2. The van der Waals surface area contributed by atoms with Gasteiger partial charge in [-0.2, -0.15) is 0 Å². The molecule has 4 N–H and O–H groups in total. The summed E-state index contributed by atoms with van der Waals surface area (Å²) in [5, 5.41) is 29.9. The number of carbonyl (C=O) groups excluding carboxylic acids is 3. The van der Waals surface area contributed by atoms with Crippen LogP contribution in [0.5, 0.6) is 0 Å². The van der Waals surface area contributed by atoms with E-state index in [2.05, 4.69) is 80.4 Å². The van der Waals surface area contributed by atoms with Crippen LogP contribution in [0.15, 0.2) is 146 Å². The van der Waals surface area contributed by atoms with Gasteiger partial charge in [0, 0.05) is 114 Å². The normalized spacial score (nSPS) is 12.9. The minimum Gasteiger partial charge on any atom is -0.480 e. The zero-order valence-corrected chi connectivity index (χ0v) is 36.7. The molecule has 14 nitrogen and oxygen atoms in total. The fourth-order valence-electron chi connectivity index (χ4n) is 9.33. The molecule has 0 saturated heterocycles. The maximum Gasteiger partial charge on any atom is 0.326 e. The Morgan fingerprint density at radius 1 is 0.485 bits per heavy atom. The summed E-state index contributed by atoms with van der Waals surface area (Å²) in [4.78, 5) is 67.4. The van der Waals surface area contributed by atoms with E-state index in [9.17, 15) is 29.4 Å². The molecule has 0 fully saturated rings. The topological polar surface area (TPSA) is 173 Å². The van der Waals surface area contributed by atoms with Crippen molar-refractivity contribution >= 4 is 73.3 Å². The minimum absolute atomic E-state index is 0.0323. The van der Waals surface area contributed by atoms with Crippen molar-refractivity contribution in [2.45, 2.75) is 69.6 Å². The second kappa shape index (κ2) is 20.9. The average Bonchev–Trinajstić information content (AvgIpc) is 4.16. The van der Waals surface area contributed by atoms with Crippen molar-refractivity contribution in [3.8, 4) is 0 Å². The average molecular weight is 890 g/mol. The zero-order chi connectivity index (χ0) is 46.0. The lowest BCUT2D eigenvalue weighted by atomic mass is 10.1. The van der Waals surface area contributed by atoms with E-state index in [0.29, 0.717) is 6.42 Å². The van der Waals surface area contributed by atoms with Gasteiger partial charge in [0.2, 0.25) is 17.7 Å². The lowest BCUT2D eigenvalue weighted by molar-refractivity contribution is -0.142. The number of aryl methyl sites for hydroxylation is 1. The van der Waals surface area contributed by atoms with Gasteiger partial charge in [-0.3, -0.25) is 14.4 Å². The molecule has 0 saturated carbocycles. The first-order valence-electron chi connectivity index (χ1n) is 22.7. The van der Waals surface area contributed by atoms with Gasteiger partial charge in [-0.15, -0.1) is 0 Å². The van der Waals surface area contributed by atoms with Crippen molar-refractivity contribution in [2.75, 3.05) is 26.2 Å². The van der Waals surface area contributed by atoms with Crippen LogP contribution in [0.25, 0.3) is 43.6 Å². The first-order chi connectivity index (χ1) is 32.2. The molecule has 0 spiro atoms. The maximum atomic E-state index is 15.3. The second-order valence-corrected chi connectivity index (χ2v) is 16.7. The number of nitrogens with zero attached hydrogens (tertiary/aromatic N) is 5. The maximum absolute atomic E-state index is 15.3.